The number of aromatic nitrogens is 1. The van der Waals surface area contributed by atoms with E-state index in [9.17, 15) is 0 Å². The topological polar surface area (TPSA) is 43.4 Å². The van der Waals surface area contributed by atoms with Crippen molar-refractivity contribution in [3.63, 3.8) is 0 Å². The van der Waals surface area contributed by atoms with Crippen LogP contribution in [0.5, 0.6) is 5.75 Å². The molecule has 2 unspecified atom stereocenters. The molecule has 1 saturated heterocycles. The van der Waals surface area contributed by atoms with Crippen LogP contribution in [0.25, 0.3) is 0 Å². The molecular weight excluding hydrogens is 216 g/mol. The summed E-state index contributed by atoms with van der Waals surface area (Å²) in [5.74, 6) is 1.31. The highest BCUT2D eigenvalue weighted by Gasteiger charge is 2.27. The molecule has 2 heterocycles. The molecule has 0 radical (unpaired) electrons. The summed E-state index contributed by atoms with van der Waals surface area (Å²) in [6.45, 7) is 1.68. The maximum Gasteiger partial charge on any atom is 0.141 e. The fourth-order valence-corrected chi connectivity index (χ4v) is 2.43. The average Bonchev–Trinajstić information content (AvgIpc) is 2.41. The third-order valence-electron chi connectivity index (χ3n) is 3.29. The highest BCUT2D eigenvalue weighted by molar-refractivity contribution is 5.30. The molecule has 0 bridgehead atoms. The van der Waals surface area contributed by atoms with Gasteiger partial charge < -0.3 is 14.8 Å². The zero-order valence-electron chi connectivity index (χ0n) is 10.5. The van der Waals surface area contributed by atoms with Gasteiger partial charge in [-0.2, -0.15) is 0 Å². The van der Waals surface area contributed by atoms with Gasteiger partial charge in [-0.05, 0) is 32.0 Å². The second-order valence-electron chi connectivity index (χ2n) is 4.33. The van der Waals surface area contributed by atoms with E-state index in [2.05, 4.69) is 10.3 Å². The molecule has 1 aromatic heterocycles. The number of rotatable bonds is 4. The van der Waals surface area contributed by atoms with Crippen molar-refractivity contribution in [1.82, 2.24) is 10.3 Å². The monoisotopic (exact) mass is 236 g/mol. The van der Waals surface area contributed by atoms with Crippen molar-refractivity contribution in [1.29, 1.82) is 0 Å². The quantitative estimate of drug-likeness (QED) is 0.865. The van der Waals surface area contributed by atoms with Crippen LogP contribution in [0.1, 0.15) is 24.6 Å². The lowest BCUT2D eigenvalue weighted by Gasteiger charge is -2.30. The molecule has 94 valence electrons. The first-order valence-electron chi connectivity index (χ1n) is 6.10. The van der Waals surface area contributed by atoms with E-state index in [0.717, 1.165) is 31.1 Å². The normalized spacial score (nSPS) is 22.1. The SMILES string of the molecule is CNC(c1ncccc1OC)C1CCCOC1. The Balaban J connectivity index is 2.21. The van der Waals surface area contributed by atoms with Gasteiger partial charge in [0.2, 0.25) is 0 Å². The van der Waals surface area contributed by atoms with Gasteiger partial charge in [0.15, 0.2) is 0 Å². The lowest BCUT2D eigenvalue weighted by Crippen LogP contribution is -2.32. The van der Waals surface area contributed by atoms with Gasteiger partial charge in [0.25, 0.3) is 0 Å². The largest absolute Gasteiger partial charge is 0.495 e. The maximum atomic E-state index is 5.55. The van der Waals surface area contributed by atoms with Crippen LogP contribution in [0.4, 0.5) is 0 Å². The first-order chi connectivity index (χ1) is 8.36. The zero-order chi connectivity index (χ0) is 12.1. The Morgan fingerprint density at radius 1 is 1.59 bits per heavy atom. The lowest BCUT2D eigenvalue weighted by molar-refractivity contribution is 0.0392. The molecule has 17 heavy (non-hydrogen) atoms. The van der Waals surface area contributed by atoms with Gasteiger partial charge in [0.05, 0.1) is 25.5 Å². The summed E-state index contributed by atoms with van der Waals surface area (Å²) < 4.78 is 10.9. The van der Waals surface area contributed by atoms with E-state index < -0.39 is 0 Å². The Bertz CT molecular complexity index is 351. The van der Waals surface area contributed by atoms with Crippen LogP contribution >= 0.6 is 0 Å². The van der Waals surface area contributed by atoms with Gasteiger partial charge in [-0.1, -0.05) is 0 Å². The first kappa shape index (κ1) is 12.3. The van der Waals surface area contributed by atoms with E-state index in [0.29, 0.717) is 5.92 Å². The Labute approximate surface area is 102 Å². The molecule has 0 aliphatic carbocycles. The number of methoxy groups -OCH3 is 1. The summed E-state index contributed by atoms with van der Waals surface area (Å²) >= 11 is 0. The Kier molecular flexibility index (Phi) is 4.34. The van der Waals surface area contributed by atoms with Crippen molar-refractivity contribution in [3.05, 3.63) is 24.0 Å². The number of hydrogen-bond donors (Lipinski definition) is 1. The number of pyridine rings is 1. The van der Waals surface area contributed by atoms with Gasteiger partial charge in [-0.15, -0.1) is 0 Å². The fourth-order valence-electron chi connectivity index (χ4n) is 2.43. The molecule has 1 aromatic rings. The van der Waals surface area contributed by atoms with E-state index in [1.807, 2.05) is 25.4 Å². The number of ether oxygens (including phenoxy) is 2. The predicted molar refractivity (Wildman–Crippen MR) is 66.1 cm³/mol. The molecule has 1 fully saturated rings. The third-order valence-corrected chi connectivity index (χ3v) is 3.29. The Hall–Kier alpha value is -1.13. The van der Waals surface area contributed by atoms with E-state index in [-0.39, 0.29) is 6.04 Å². The smallest absolute Gasteiger partial charge is 0.141 e. The highest BCUT2D eigenvalue weighted by Crippen LogP contribution is 2.32. The summed E-state index contributed by atoms with van der Waals surface area (Å²) in [6, 6.07) is 4.05. The van der Waals surface area contributed by atoms with Gasteiger partial charge in [-0.3, -0.25) is 4.98 Å². The summed E-state index contributed by atoms with van der Waals surface area (Å²) in [4.78, 5) is 4.45. The second-order valence-corrected chi connectivity index (χ2v) is 4.33. The molecule has 4 nitrogen and oxygen atoms in total. The Morgan fingerprint density at radius 2 is 2.47 bits per heavy atom. The summed E-state index contributed by atoms with van der Waals surface area (Å²) in [7, 11) is 3.65. The van der Waals surface area contributed by atoms with Gasteiger partial charge in [0.1, 0.15) is 5.75 Å². The molecule has 0 amide bonds. The molecule has 1 aliphatic rings. The summed E-state index contributed by atoms with van der Waals surface area (Å²) in [6.07, 6.45) is 4.11. The van der Waals surface area contributed by atoms with Gasteiger partial charge in [0, 0.05) is 18.7 Å². The van der Waals surface area contributed by atoms with Crippen molar-refractivity contribution >= 4 is 0 Å². The van der Waals surface area contributed by atoms with Gasteiger partial charge in [-0.25, -0.2) is 0 Å². The lowest BCUT2D eigenvalue weighted by atomic mass is 9.91. The van der Waals surface area contributed by atoms with Crippen LogP contribution in [0.3, 0.4) is 0 Å². The number of nitrogens with zero attached hydrogens (tertiary/aromatic N) is 1. The standard InChI is InChI=1S/C13H20N2O2/c1-14-12(10-5-4-8-17-9-10)13-11(16-2)6-3-7-15-13/h3,6-7,10,12,14H,4-5,8-9H2,1-2H3. The van der Waals surface area contributed by atoms with Crippen molar-refractivity contribution < 1.29 is 9.47 Å². The number of nitrogens with one attached hydrogen (secondary N) is 1. The number of hydrogen-bond acceptors (Lipinski definition) is 4. The molecule has 2 rings (SSSR count). The van der Waals surface area contributed by atoms with Crippen LogP contribution < -0.4 is 10.1 Å². The van der Waals surface area contributed by atoms with Crippen LogP contribution in [0.2, 0.25) is 0 Å². The maximum absolute atomic E-state index is 5.55. The van der Waals surface area contributed by atoms with Crippen LogP contribution in [-0.4, -0.2) is 32.4 Å². The van der Waals surface area contributed by atoms with E-state index in [4.69, 9.17) is 9.47 Å². The molecule has 1 N–H and O–H groups in total. The molecule has 0 aromatic carbocycles. The van der Waals surface area contributed by atoms with Crippen molar-refractivity contribution in [2.75, 3.05) is 27.4 Å². The molecule has 2 atom stereocenters. The van der Waals surface area contributed by atoms with Crippen LogP contribution in [0, 0.1) is 5.92 Å². The first-order valence-corrected chi connectivity index (χ1v) is 6.10. The highest BCUT2D eigenvalue weighted by atomic mass is 16.5. The van der Waals surface area contributed by atoms with Crippen LogP contribution in [-0.2, 0) is 4.74 Å². The van der Waals surface area contributed by atoms with E-state index in [1.165, 1.54) is 6.42 Å². The molecule has 0 spiro atoms. The van der Waals surface area contributed by atoms with Crippen molar-refractivity contribution in [2.45, 2.75) is 18.9 Å². The molecular formula is C13H20N2O2. The average molecular weight is 236 g/mol. The van der Waals surface area contributed by atoms with Crippen molar-refractivity contribution in [2.24, 2.45) is 5.92 Å². The molecule has 0 saturated carbocycles. The minimum atomic E-state index is 0.200. The van der Waals surface area contributed by atoms with Crippen molar-refractivity contribution in [3.8, 4) is 5.75 Å². The zero-order valence-corrected chi connectivity index (χ0v) is 10.5. The third kappa shape index (κ3) is 2.76. The Morgan fingerprint density at radius 3 is 3.12 bits per heavy atom. The minimum absolute atomic E-state index is 0.200. The van der Waals surface area contributed by atoms with E-state index in [1.54, 1.807) is 7.11 Å². The molecule has 1 aliphatic heterocycles. The second kappa shape index (κ2) is 5.98. The van der Waals surface area contributed by atoms with Gasteiger partial charge >= 0.3 is 0 Å². The fraction of sp³-hybridized carbons (Fsp3) is 0.615. The molecule has 4 heteroatoms. The van der Waals surface area contributed by atoms with E-state index >= 15 is 0 Å². The van der Waals surface area contributed by atoms with Crippen LogP contribution in [0.15, 0.2) is 18.3 Å². The minimum Gasteiger partial charge on any atom is -0.495 e. The predicted octanol–water partition coefficient (Wildman–Crippen LogP) is 1.78. The summed E-state index contributed by atoms with van der Waals surface area (Å²) in [5, 5.41) is 3.34. The summed E-state index contributed by atoms with van der Waals surface area (Å²) in [5.41, 5.74) is 0.980.